The van der Waals surface area contributed by atoms with E-state index in [2.05, 4.69) is 50.1 Å². The Bertz CT molecular complexity index is 3030. The molecule has 374 valence electrons. The number of rotatable bonds is 12. The minimum atomic E-state index is -3.81. The van der Waals surface area contributed by atoms with E-state index >= 15 is 0 Å². The van der Waals surface area contributed by atoms with E-state index < -0.39 is 31.8 Å². The van der Waals surface area contributed by atoms with Gasteiger partial charge in [0.15, 0.2) is 35.0 Å². The summed E-state index contributed by atoms with van der Waals surface area (Å²) in [5.41, 5.74) is 11.2. The molecule has 6 aromatic rings. The summed E-state index contributed by atoms with van der Waals surface area (Å²) in [5.74, 6) is 4.75. The number of fused-ring (bicyclic) bond motifs is 2. The molecular weight excluding hydrogens is 945 g/mol. The monoisotopic (exact) mass is 1000 g/mol. The highest BCUT2D eigenvalue weighted by molar-refractivity contribution is 7.90. The van der Waals surface area contributed by atoms with Crippen molar-refractivity contribution >= 4 is 65.9 Å². The number of carbonyl (C=O) groups is 2. The molecule has 10 rings (SSSR count). The molecule has 2 saturated carbocycles. The molecule has 4 aliphatic rings. The standard InChI is InChI=1S/C23H27N5O5S.C13H13N5O2S.C11H18O4/c1-3-16-12-23(32-10-11-33-23)13-18(16)22(29)27-26-20-14-24-21-19(25-20)8-9-28(21)34(30,31)17-6-4-15(2)5-7-17;1-9-2-4-10(5-3-9)21(19,20)18-7-6-11-13(18)15-8-12(16-11)17-14;1-2-7-5-8(6-9(7)10(12)13)11-14-3-4-15-11/h4-9,14,16,18H,3,10-13H2,1-2H3,(H,25,26)(H,27,29);2-8H,14H2,1H3,(H,16,17);7-9,11H,2-6H2,1H3,(H,12,13). The summed E-state index contributed by atoms with van der Waals surface area (Å²) in [6.07, 6.45) is 10.1. The van der Waals surface area contributed by atoms with Crippen molar-refractivity contribution in [2.75, 3.05) is 37.3 Å². The molecule has 0 radical (unpaired) electrons. The number of nitrogens with zero attached hydrogens (tertiary/aromatic N) is 6. The Balaban J connectivity index is 0.000000155. The summed E-state index contributed by atoms with van der Waals surface area (Å²) in [7, 11) is -7.50. The number of carboxylic acid groups (broad SMARTS) is 1. The fourth-order valence-electron chi connectivity index (χ4n) is 9.55. The van der Waals surface area contributed by atoms with Crippen molar-refractivity contribution in [3.63, 3.8) is 0 Å². The van der Waals surface area contributed by atoms with Crippen LogP contribution in [0.25, 0.3) is 22.3 Å². The molecule has 0 bridgehead atoms. The zero-order valence-corrected chi connectivity index (χ0v) is 40.9. The smallest absolute Gasteiger partial charge is 0.306 e. The molecule has 4 fully saturated rings. The molecular formula is C47H58N10O11S2. The number of anilines is 2. The maximum absolute atomic E-state index is 13.0. The summed E-state index contributed by atoms with van der Waals surface area (Å²) in [5, 5.41) is 9.09. The second-order valence-corrected chi connectivity index (χ2v) is 21.4. The Kier molecular flexibility index (Phi) is 15.2. The molecule has 1 amide bonds. The highest BCUT2D eigenvalue weighted by Crippen LogP contribution is 2.46. The Hall–Kier alpha value is -6.08. The first-order valence-corrected chi connectivity index (χ1v) is 26.0. The lowest BCUT2D eigenvalue weighted by Crippen LogP contribution is -2.37. The van der Waals surface area contributed by atoms with E-state index in [1.165, 1.54) is 24.8 Å². The summed E-state index contributed by atoms with van der Waals surface area (Å²) in [4.78, 5) is 41.2. The van der Waals surface area contributed by atoms with Crippen molar-refractivity contribution in [1.29, 1.82) is 0 Å². The van der Waals surface area contributed by atoms with Gasteiger partial charge in [-0.1, -0.05) is 62.1 Å². The van der Waals surface area contributed by atoms with Crippen LogP contribution in [0.2, 0.25) is 0 Å². The average molecular weight is 1000 g/mol. The normalized spacial score (nSPS) is 22.1. The van der Waals surface area contributed by atoms with Crippen LogP contribution in [0.15, 0.2) is 95.2 Å². The van der Waals surface area contributed by atoms with Crippen molar-refractivity contribution in [2.24, 2.45) is 35.4 Å². The summed E-state index contributed by atoms with van der Waals surface area (Å²) >= 11 is 0. The van der Waals surface area contributed by atoms with Gasteiger partial charge in [0.25, 0.3) is 20.0 Å². The summed E-state index contributed by atoms with van der Waals surface area (Å²) in [6.45, 7) is 10.3. The van der Waals surface area contributed by atoms with Crippen molar-refractivity contribution in [3.8, 4) is 0 Å². The number of hydrogen-bond donors (Lipinski definition) is 5. The highest BCUT2D eigenvalue weighted by atomic mass is 32.2. The third-order valence-electron chi connectivity index (χ3n) is 13.3. The van der Waals surface area contributed by atoms with E-state index in [0.717, 1.165) is 38.3 Å². The van der Waals surface area contributed by atoms with Crippen molar-refractivity contribution in [1.82, 2.24) is 33.3 Å². The molecule has 2 aliphatic carbocycles. The van der Waals surface area contributed by atoms with Crippen LogP contribution in [0.3, 0.4) is 0 Å². The Morgan fingerprint density at radius 1 is 0.714 bits per heavy atom. The van der Waals surface area contributed by atoms with Gasteiger partial charge in [-0.05, 0) is 74.9 Å². The lowest BCUT2D eigenvalue weighted by atomic mass is 9.93. The van der Waals surface area contributed by atoms with Crippen LogP contribution in [-0.2, 0) is 48.6 Å². The lowest BCUT2D eigenvalue weighted by molar-refractivity contribution is -0.156. The van der Waals surface area contributed by atoms with Crippen LogP contribution in [0.5, 0.6) is 0 Å². The van der Waals surface area contributed by atoms with Gasteiger partial charge in [0.05, 0.1) is 54.5 Å². The Labute approximate surface area is 405 Å². The third kappa shape index (κ3) is 10.6. The second-order valence-electron chi connectivity index (χ2n) is 17.8. The molecule has 4 aromatic heterocycles. The van der Waals surface area contributed by atoms with E-state index in [9.17, 15) is 26.4 Å². The Morgan fingerprint density at radius 3 is 1.71 bits per heavy atom. The second kappa shape index (κ2) is 21.1. The van der Waals surface area contributed by atoms with Crippen LogP contribution < -0.4 is 22.1 Å². The van der Waals surface area contributed by atoms with E-state index in [4.69, 9.17) is 29.9 Å². The number of amides is 1. The number of nitrogens with two attached hydrogens (primary N) is 1. The van der Waals surface area contributed by atoms with Gasteiger partial charge in [0.2, 0.25) is 5.91 Å². The van der Waals surface area contributed by atoms with Crippen LogP contribution in [0.1, 0.15) is 63.5 Å². The average Bonchev–Trinajstić information content (AvgIpc) is 4.23. The molecule has 5 atom stereocenters. The molecule has 6 heterocycles. The number of carboxylic acids is 1. The maximum atomic E-state index is 13.0. The van der Waals surface area contributed by atoms with Crippen LogP contribution in [0.4, 0.5) is 11.6 Å². The number of nitrogen functional groups attached to an aromatic ring is 1. The number of ether oxygens (including phenoxy) is 4. The minimum Gasteiger partial charge on any atom is -0.481 e. The zero-order valence-electron chi connectivity index (χ0n) is 39.2. The first kappa shape index (κ1) is 50.3. The molecule has 70 heavy (non-hydrogen) atoms. The topological polar surface area (TPSA) is 283 Å². The number of benzene rings is 2. The number of aryl methyl sites for hydroxylation is 2. The molecule has 2 aromatic carbocycles. The third-order valence-corrected chi connectivity index (χ3v) is 16.6. The summed E-state index contributed by atoms with van der Waals surface area (Å²) in [6, 6.07) is 16.4. The van der Waals surface area contributed by atoms with Gasteiger partial charge in [0, 0.05) is 37.1 Å². The predicted molar refractivity (Wildman–Crippen MR) is 257 cm³/mol. The fraction of sp³-hybridized carbons (Fsp3) is 0.447. The van der Waals surface area contributed by atoms with Gasteiger partial charge in [-0.2, -0.15) is 0 Å². The van der Waals surface area contributed by atoms with Crippen LogP contribution in [-0.4, -0.2) is 100 Å². The summed E-state index contributed by atoms with van der Waals surface area (Å²) < 4.78 is 76.0. The number of aliphatic carboxylic acids is 1. The van der Waals surface area contributed by atoms with E-state index in [1.807, 2.05) is 13.8 Å². The van der Waals surface area contributed by atoms with Crippen molar-refractivity contribution < 1.29 is 50.5 Å². The van der Waals surface area contributed by atoms with Gasteiger partial charge in [0.1, 0.15) is 11.0 Å². The number of aromatic nitrogens is 6. The maximum Gasteiger partial charge on any atom is 0.306 e. The van der Waals surface area contributed by atoms with Gasteiger partial charge in [-0.15, -0.1) is 0 Å². The first-order chi connectivity index (χ1) is 33.5. The molecule has 21 nitrogen and oxygen atoms in total. The number of hydrazine groups is 2. The number of nitrogens with one attached hydrogen (secondary N) is 3. The van der Waals surface area contributed by atoms with E-state index in [-0.39, 0.29) is 57.0 Å². The number of carbonyl (C=O) groups excluding carboxylic acids is 1. The van der Waals surface area contributed by atoms with Gasteiger partial charge in [-0.3, -0.25) is 20.4 Å². The molecule has 5 unspecified atom stereocenters. The van der Waals surface area contributed by atoms with Crippen molar-refractivity contribution in [3.05, 3.63) is 96.6 Å². The van der Waals surface area contributed by atoms with E-state index in [0.29, 0.717) is 74.3 Å². The van der Waals surface area contributed by atoms with Crippen molar-refractivity contribution in [2.45, 2.75) is 88.1 Å². The zero-order chi connectivity index (χ0) is 49.8. The molecule has 2 saturated heterocycles. The van der Waals surface area contributed by atoms with Gasteiger partial charge < -0.3 is 29.5 Å². The predicted octanol–water partition coefficient (Wildman–Crippen LogP) is 5.36. The minimum absolute atomic E-state index is 0.150. The van der Waals surface area contributed by atoms with Gasteiger partial charge >= 0.3 is 5.97 Å². The Morgan fingerprint density at radius 2 is 1.23 bits per heavy atom. The van der Waals surface area contributed by atoms with E-state index in [1.54, 1.807) is 60.7 Å². The SMILES string of the molecule is CCC1CC(C2OCCO2)CC1C(=O)O.CCC1CC2(CC1C(=O)NNc1cnc3c(ccn3S(=O)(=O)c3ccc(C)cc3)n1)OCCO2.Cc1ccc(S(=O)(=O)n2ccc3nc(NN)cnc32)cc1. The van der Waals surface area contributed by atoms with Crippen LogP contribution in [0, 0.1) is 43.4 Å². The quantitative estimate of drug-likeness (QED) is 0.0762. The van der Waals surface area contributed by atoms with Gasteiger partial charge in [-0.25, -0.2) is 50.6 Å². The highest BCUT2D eigenvalue weighted by Gasteiger charge is 2.51. The largest absolute Gasteiger partial charge is 0.481 e. The van der Waals surface area contributed by atoms with Crippen LogP contribution >= 0.6 is 0 Å². The molecule has 1 spiro atoms. The first-order valence-electron chi connectivity index (χ1n) is 23.1. The number of hydrogen-bond acceptors (Lipinski definition) is 17. The molecule has 23 heteroatoms. The lowest BCUT2D eigenvalue weighted by Gasteiger charge is -2.21. The molecule has 6 N–H and O–H groups in total. The molecule has 2 aliphatic heterocycles. The fourth-order valence-corrected chi connectivity index (χ4v) is 12.1.